The van der Waals surface area contributed by atoms with Gasteiger partial charge in [-0.2, -0.15) is 0 Å². The molecule has 9 nitrogen and oxygen atoms in total. The summed E-state index contributed by atoms with van der Waals surface area (Å²) in [5.41, 5.74) is 0. The number of aliphatic imine (C=N–C) groups is 1. The largest absolute Gasteiger partial charge is 0.450 e. The summed E-state index contributed by atoms with van der Waals surface area (Å²) in [4.78, 5) is 34.4. The summed E-state index contributed by atoms with van der Waals surface area (Å²) < 4.78 is 5.10. The van der Waals surface area contributed by atoms with E-state index in [0.29, 0.717) is 31.7 Å². The topological polar surface area (TPSA) is 89.5 Å². The lowest BCUT2D eigenvalue weighted by Gasteiger charge is -2.35. The molecule has 2 heterocycles. The lowest BCUT2D eigenvalue weighted by atomic mass is 10.0. The Labute approximate surface area is 210 Å². The maximum absolute atomic E-state index is 12.1. The molecule has 10 heteroatoms. The molecule has 32 heavy (non-hydrogen) atoms. The molecule has 0 aromatic rings. The van der Waals surface area contributed by atoms with Crippen LogP contribution in [0.15, 0.2) is 4.99 Å². The number of piperidine rings is 2. The molecule has 2 fully saturated rings. The van der Waals surface area contributed by atoms with E-state index in [9.17, 15) is 9.59 Å². The van der Waals surface area contributed by atoms with Gasteiger partial charge in [0.25, 0.3) is 0 Å². The number of hydrogen-bond acceptors (Lipinski definition) is 5. The number of amides is 2. The fourth-order valence-corrected chi connectivity index (χ4v) is 3.91. The molecular formula is C22H43IN6O3. The number of carbonyl (C=O) groups is 2. The Hall–Kier alpha value is -1.30. The Balaban J connectivity index is 0.00000512. The average molecular weight is 567 g/mol. The molecule has 2 saturated heterocycles. The number of likely N-dealkylation sites (tertiary alicyclic amines) is 2. The van der Waals surface area contributed by atoms with E-state index < -0.39 is 0 Å². The van der Waals surface area contributed by atoms with E-state index in [4.69, 9.17) is 4.74 Å². The smallest absolute Gasteiger partial charge is 0.409 e. The van der Waals surface area contributed by atoms with Crippen LogP contribution in [0.25, 0.3) is 0 Å². The van der Waals surface area contributed by atoms with Crippen molar-refractivity contribution in [3.8, 4) is 0 Å². The number of unbranched alkanes of at least 4 members (excludes halogenated alkanes) is 1. The fourth-order valence-electron chi connectivity index (χ4n) is 3.91. The lowest BCUT2D eigenvalue weighted by molar-refractivity contribution is -0.127. The van der Waals surface area contributed by atoms with Crippen LogP contribution in [-0.2, 0) is 9.53 Å². The zero-order valence-electron chi connectivity index (χ0n) is 20.3. The Bertz CT molecular complexity index is 588. The number of rotatable bonds is 8. The van der Waals surface area contributed by atoms with Gasteiger partial charge in [0.05, 0.1) is 6.61 Å². The van der Waals surface area contributed by atoms with Crippen LogP contribution in [0.3, 0.4) is 0 Å². The van der Waals surface area contributed by atoms with Gasteiger partial charge >= 0.3 is 6.09 Å². The van der Waals surface area contributed by atoms with Crippen molar-refractivity contribution in [2.45, 2.75) is 64.5 Å². The summed E-state index contributed by atoms with van der Waals surface area (Å²) in [5.74, 6) is 0.685. The van der Waals surface area contributed by atoms with Crippen molar-refractivity contribution < 1.29 is 14.3 Å². The SMILES string of the molecule is CCCCN1CCC(NC(=NCC(=O)N(C)C)NC2CCN(C(=O)OCC)CC2)CC1.I. The van der Waals surface area contributed by atoms with Gasteiger partial charge < -0.3 is 30.1 Å². The van der Waals surface area contributed by atoms with Crippen molar-refractivity contribution in [2.75, 3.05) is 60.0 Å². The molecule has 0 spiro atoms. The maximum atomic E-state index is 12.1. The average Bonchev–Trinajstić information content (AvgIpc) is 2.77. The molecule has 0 aromatic heterocycles. The molecule has 0 aromatic carbocycles. The molecule has 2 aliphatic heterocycles. The van der Waals surface area contributed by atoms with Crippen LogP contribution in [0.5, 0.6) is 0 Å². The number of ether oxygens (including phenoxy) is 1. The zero-order valence-corrected chi connectivity index (χ0v) is 22.6. The van der Waals surface area contributed by atoms with Gasteiger partial charge in [-0.25, -0.2) is 9.79 Å². The van der Waals surface area contributed by atoms with E-state index in [1.807, 2.05) is 6.92 Å². The highest BCUT2D eigenvalue weighted by molar-refractivity contribution is 14.0. The predicted octanol–water partition coefficient (Wildman–Crippen LogP) is 2.11. The van der Waals surface area contributed by atoms with Crippen LogP contribution in [0.1, 0.15) is 52.4 Å². The molecular weight excluding hydrogens is 523 g/mol. The van der Waals surface area contributed by atoms with Crippen LogP contribution in [0.4, 0.5) is 4.79 Å². The van der Waals surface area contributed by atoms with E-state index in [2.05, 4.69) is 27.4 Å². The van der Waals surface area contributed by atoms with Gasteiger partial charge in [0, 0.05) is 52.4 Å². The Kier molecular flexibility index (Phi) is 13.9. The number of carbonyl (C=O) groups excluding carboxylic acids is 2. The minimum Gasteiger partial charge on any atom is -0.450 e. The van der Waals surface area contributed by atoms with Gasteiger partial charge in [-0.05, 0) is 45.6 Å². The summed E-state index contributed by atoms with van der Waals surface area (Å²) in [6.07, 6.45) is 6.06. The lowest BCUT2D eigenvalue weighted by Crippen LogP contribution is -2.53. The van der Waals surface area contributed by atoms with Crippen molar-refractivity contribution in [3.63, 3.8) is 0 Å². The van der Waals surface area contributed by atoms with E-state index in [1.54, 1.807) is 23.9 Å². The molecule has 0 unspecified atom stereocenters. The first-order chi connectivity index (χ1) is 14.9. The maximum Gasteiger partial charge on any atom is 0.409 e. The summed E-state index contributed by atoms with van der Waals surface area (Å²) in [5, 5.41) is 7.07. The number of halogens is 1. The molecule has 0 aliphatic carbocycles. The molecule has 2 N–H and O–H groups in total. The minimum atomic E-state index is -0.237. The predicted molar refractivity (Wildman–Crippen MR) is 139 cm³/mol. The van der Waals surface area contributed by atoms with Crippen molar-refractivity contribution in [1.29, 1.82) is 0 Å². The van der Waals surface area contributed by atoms with Crippen LogP contribution >= 0.6 is 24.0 Å². The second kappa shape index (κ2) is 15.5. The Morgan fingerprint density at radius 2 is 1.56 bits per heavy atom. The standard InChI is InChI=1S/C22H42N6O3.HI/c1-5-7-12-27-13-8-18(9-14-27)24-21(23-17-20(29)26(3)4)25-19-10-15-28(16-11-19)22(30)31-6-2;/h18-19H,5-17H2,1-4H3,(H2,23,24,25);1H. The highest BCUT2D eigenvalue weighted by Gasteiger charge is 2.25. The van der Waals surface area contributed by atoms with Gasteiger partial charge in [0.1, 0.15) is 6.54 Å². The van der Waals surface area contributed by atoms with Crippen LogP contribution in [0.2, 0.25) is 0 Å². The number of nitrogens with zero attached hydrogens (tertiary/aromatic N) is 4. The summed E-state index contributed by atoms with van der Waals surface area (Å²) in [6, 6.07) is 0.578. The summed E-state index contributed by atoms with van der Waals surface area (Å²) in [7, 11) is 3.49. The zero-order chi connectivity index (χ0) is 22.6. The molecule has 0 bridgehead atoms. The summed E-state index contributed by atoms with van der Waals surface area (Å²) >= 11 is 0. The van der Waals surface area contributed by atoms with Gasteiger partial charge in [-0.3, -0.25) is 4.79 Å². The van der Waals surface area contributed by atoms with Crippen LogP contribution in [-0.4, -0.2) is 105 Å². The molecule has 2 rings (SSSR count). The first-order valence-electron chi connectivity index (χ1n) is 11.8. The van der Waals surface area contributed by atoms with E-state index in [1.165, 1.54) is 19.4 Å². The second-order valence-electron chi connectivity index (χ2n) is 8.67. The van der Waals surface area contributed by atoms with Crippen molar-refractivity contribution >= 4 is 41.9 Å². The minimum absolute atomic E-state index is 0. The quantitative estimate of drug-likeness (QED) is 0.266. The molecule has 0 saturated carbocycles. The van der Waals surface area contributed by atoms with Gasteiger partial charge in [0.2, 0.25) is 5.91 Å². The number of guanidine groups is 1. The number of nitrogens with one attached hydrogen (secondary N) is 2. The van der Waals surface area contributed by atoms with Crippen molar-refractivity contribution in [1.82, 2.24) is 25.3 Å². The normalized spacial score (nSPS) is 18.6. The first-order valence-corrected chi connectivity index (χ1v) is 11.8. The third kappa shape index (κ3) is 10.1. The fraction of sp³-hybridized carbons (Fsp3) is 0.864. The third-order valence-corrected chi connectivity index (χ3v) is 5.99. The first kappa shape index (κ1) is 28.7. The van der Waals surface area contributed by atoms with E-state index >= 15 is 0 Å². The highest BCUT2D eigenvalue weighted by Crippen LogP contribution is 2.13. The molecule has 0 radical (unpaired) electrons. The van der Waals surface area contributed by atoms with Crippen LogP contribution < -0.4 is 10.6 Å². The van der Waals surface area contributed by atoms with Gasteiger partial charge in [0.15, 0.2) is 5.96 Å². The molecule has 186 valence electrons. The van der Waals surface area contributed by atoms with E-state index in [-0.39, 0.29) is 48.6 Å². The van der Waals surface area contributed by atoms with Crippen molar-refractivity contribution in [2.24, 2.45) is 4.99 Å². The number of hydrogen-bond donors (Lipinski definition) is 2. The van der Waals surface area contributed by atoms with Crippen LogP contribution in [0, 0.1) is 0 Å². The van der Waals surface area contributed by atoms with Gasteiger partial charge in [-0.15, -0.1) is 24.0 Å². The van der Waals surface area contributed by atoms with E-state index in [0.717, 1.165) is 38.8 Å². The molecule has 0 atom stereocenters. The van der Waals surface area contributed by atoms with Crippen molar-refractivity contribution in [3.05, 3.63) is 0 Å². The van der Waals surface area contributed by atoms with Gasteiger partial charge in [-0.1, -0.05) is 13.3 Å². The molecule has 2 amide bonds. The highest BCUT2D eigenvalue weighted by atomic mass is 127. The molecule has 2 aliphatic rings. The second-order valence-corrected chi connectivity index (χ2v) is 8.67. The monoisotopic (exact) mass is 566 g/mol. The Morgan fingerprint density at radius 3 is 2.06 bits per heavy atom. The Morgan fingerprint density at radius 1 is 1.00 bits per heavy atom. The third-order valence-electron chi connectivity index (χ3n) is 5.99. The number of likely N-dealkylation sites (N-methyl/N-ethyl adjacent to an activating group) is 1. The summed E-state index contributed by atoms with van der Waals surface area (Å²) in [6.45, 7) is 9.28.